The summed E-state index contributed by atoms with van der Waals surface area (Å²) in [7, 11) is 1.42. The van der Waals surface area contributed by atoms with Gasteiger partial charge in [-0.15, -0.1) is 0 Å². The Kier molecular flexibility index (Phi) is 15.2. The van der Waals surface area contributed by atoms with Crippen LogP contribution in [0.2, 0.25) is 0 Å². The molecule has 6 N–H and O–H groups in total. The summed E-state index contributed by atoms with van der Waals surface area (Å²) in [4.78, 5) is 45.6. The number of aromatic hydroxyl groups is 3. The van der Waals surface area contributed by atoms with Crippen LogP contribution in [-0.2, 0) is 33.4 Å². The maximum Gasteiger partial charge on any atom is 0.312 e. The highest BCUT2D eigenvalue weighted by Gasteiger charge is 2.50. The van der Waals surface area contributed by atoms with Gasteiger partial charge < -0.3 is 59.4 Å². The Labute approximate surface area is 344 Å². The molecular weight excluding hydrogens is 768 g/mol. The first-order valence-corrected chi connectivity index (χ1v) is 19.5. The fourth-order valence-electron chi connectivity index (χ4n) is 7.34. The molecule has 3 aliphatic heterocycles. The number of methoxy groups -OCH3 is 1. The Morgan fingerprint density at radius 2 is 1.64 bits per heavy atom. The molecule has 9 unspecified atom stereocenters. The van der Waals surface area contributed by atoms with E-state index in [4.69, 9.17) is 28.5 Å². The molecule has 16 heteroatoms. The van der Waals surface area contributed by atoms with E-state index in [0.29, 0.717) is 0 Å². The summed E-state index contributed by atoms with van der Waals surface area (Å²) in [5, 5.41) is 63.9. The third-order valence-electron chi connectivity index (χ3n) is 10.9. The second-order valence-corrected chi connectivity index (χ2v) is 15.6. The molecule has 1 amide bonds. The number of phenolic OH excluding ortho intramolecular Hbond substituents is 3. The van der Waals surface area contributed by atoms with Crippen LogP contribution in [0.4, 0.5) is 5.69 Å². The largest absolute Gasteiger partial charge is 0.507 e. The Morgan fingerprint density at radius 3 is 2.27 bits per heavy atom. The van der Waals surface area contributed by atoms with E-state index in [1.165, 1.54) is 53.2 Å². The van der Waals surface area contributed by atoms with Gasteiger partial charge in [0.2, 0.25) is 0 Å². The Bertz CT molecular complexity index is 2020. The zero-order valence-electron chi connectivity index (χ0n) is 35.4. The number of Topliss-reactive ketones (excluding diaryl/α,β-unsaturated/α-hetero) is 1. The predicted molar refractivity (Wildman–Crippen MR) is 218 cm³/mol. The summed E-state index contributed by atoms with van der Waals surface area (Å²) >= 11 is 0. The van der Waals surface area contributed by atoms with Crippen LogP contribution < -0.4 is 10.1 Å². The lowest BCUT2D eigenvalue weighted by Gasteiger charge is -2.38. The zero-order chi connectivity index (χ0) is 44.1. The number of anilines is 1. The third-order valence-corrected chi connectivity index (χ3v) is 10.9. The van der Waals surface area contributed by atoms with Crippen molar-refractivity contribution in [2.75, 3.05) is 25.6 Å². The van der Waals surface area contributed by atoms with Crippen molar-refractivity contribution < 1.29 is 68.4 Å². The van der Waals surface area contributed by atoms with E-state index in [-0.39, 0.29) is 63.8 Å². The van der Waals surface area contributed by atoms with Gasteiger partial charge in [-0.3, -0.25) is 14.4 Å². The number of ether oxygens (including phenoxy) is 5. The topological polar surface area (TPSA) is 232 Å². The maximum absolute atomic E-state index is 14.4. The number of nitrogens with one attached hydrogen (secondary N) is 1. The number of aliphatic hydroxyl groups is 2. The maximum atomic E-state index is 14.4. The molecule has 3 heterocycles. The molecule has 2 aromatic carbocycles. The molecule has 3 aliphatic rings. The third kappa shape index (κ3) is 9.84. The van der Waals surface area contributed by atoms with Crippen molar-refractivity contribution in [2.24, 2.45) is 28.8 Å². The molecule has 0 saturated carbocycles. The molecule has 0 aliphatic carbocycles. The number of carbonyl (C=O) groups is 3. The normalized spacial score (nSPS) is 30.2. The molecule has 16 nitrogen and oxygen atoms in total. The van der Waals surface area contributed by atoms with Gasteiger partial charge >= 0.3 is 11.8 Å². The average Bonchev–Trinajstić information content (AvgIpc) is 3.45. The lowest BCUT2D eigenvalue weighted by Crippen LogP contribution is -2.46. The van der Waals surface area contributed by atoms with E-state index in [1.807, 2.05) is 13.8 Å². The first-order valence-electron chi connectivity index (χ1n) is 19.5. The van der Waals surface area contributed by atoms with Gasteiger partial charge in [-0.25, -0.2) is 0 Å². The quantitative estimate of drug-likeness (QED) is 0.0480. The molecule has 0 fully saturated rings. The number of amides is 1. The minimum absolute atomic E-state index is 0.0206. The highest BCUT2D eigenvalue weighted by molar-refractivity contribution is 6.23. The standard InChI is InChI=1S/C43H58N2O14/c1-20(2)55-17-18-57-44-19-28-33-38(51)31-30(37(28)50)32-40(26(8)36(31)49)59-43(10,41(32)52)56-16-15-29(54-11)23(5)39(58-27(9)46)25(7)35(48)24(6)34(47)21(3)13-12-14-22(4)42(53)45-33/h12-16,19-21,23-25,29,34-35,39,47-51H,17-18H2,1-11H3,(H,45,53)/b13-12+,16-15+,22-14+,44-19+. The summed E-state index contributed by atoms with van der Waals surface area (Å²) in [6, 6.07) is 0. The van der Waals surface area contributed by atoms with Crippen LogP contribution in [0.25, 0.3) is 10.8 Å². The molecule has 0 aromatic heterocycles. The van der Waals surface area contributed by atoms with Gasteiger partial charge in [-0.2, -0.15) is 0 Å². The zero-order valence-corrected chi connectivity index (χ0v) is 35.4. The molecule has 0 radical (unpaired) electrons. The smallest absolute Gasteiger partial charge is 0.312 e. The summed E-state index contributed by atoms with van der Waals surface area (Å²) in [6.45, 7) is 16.3. The van der Waals surface area contributed by atoms with Crippen molar-refractivity contribution in [2.45, 2.75) is 106 Å². The first kappa shape index (κ1) is 46.5. The van der Waals surface area contributed by atoms with Crippen LogP contribution in [0, 0.1) is 30.6 Å². The van der Waals surface area contributed by atoms with Crippen LogP contribution in [0.1, 0.15) is 83.8 Å². The number of hydrogen-bond acceptors (Lipinski definition) is 15. The van der Waals surface area contributed by atoms with Gasteiger partial charge in [0.25, 0.3) is 11.7 Å². The van der Waals surface area contributed by atoms with Gasteiger partial charge in [0.05, 0.1) is 65.7 Å². The van der Waals surface area contributed by atoms with Gasteiger partial charge in [0.1, 0.15) is 30.0 Å². The van der Waals surface area contributed by atoms with Gasteiger partial charge in [-0.05, 0) is 33.8 Å². The molecule has 2 aromatic rings. The molecule has 5 bridgehead atoms. The minimum atomic E-state index is -2.07. The number of benzene rings is 2. The van der Waals surface area contributed by atoms with Crippen molar-refractivity contribution in [1.82, 2.24) is 0 Å². The van der Waals surface area contributed by atoms with Crippen LogP contribution in [0.5, 0.6) is 23.0 Å². The lowest BCUT2D eigenvalue weighted by atomic mass is 9.78. The molecule has 0 spiro atoms. The molecule has 5 rings (SSSR count). The van der Waals surface area contributed by atoms with Gasteiger partial charge in [0.15, 0.2) is 5.75 Å². The number of oxime groups is 1. The fourth-order valence-corrected chi connectivity index (χ4v) is 7.34. The minimum Gasteiger partial charge on any atom is -0.507 e. The molecule has 324 valence electrons. The number of nitrogens with zero attached hydrogens (tertiary/aromatic N) is 1. The Hall–Kier alpha value is -5.16. The summed E-state index contributed by atoms with van der Waals surface area (Å²) in [5.41, 5.74) is -0.693. The Morgan fingerprint density at radius 1 is 0.966 bits per heavy atom. The molecule has 9 atom stereocenters. The second kappa shape index (κ2) is 19.3. The molecule has 59 heavy (non-hydrogen) atoms. The number of ketones is 1. The SMILES string of the molecule is COC1/C=C/OC2(C)Oc3c(C)c(O)c4c(O)c(c(/C=N/OCCOC(C)C)c(O)c4c3C2=O)NC(=O)/C(C)=C/C=C/C(C)C(O)C(C)C(O)C(C)C(OC(C)=O)C1C. The second-order valence-electron chi connectivity index (χ2n) is 15.6. The number of esters is 1. The van der Waals surface area contributed by atoms with Crippen molar-refractivity contribution >= 4 is 40.3 Å². The van der Waals surface area contributed by atoms with Gasteiger partial charge in [0, 0.05) is 61.2 Å². The number of rotatable bonds is 8. The first-order chi connectivity index (χ1) is 27.7. The van der Waals surface area contributed by atoms with Crippen molar-refractivity contribution in [3.63, 3.8) is 0 Å². The van der Waals surface area contributed by atoms with E-state index < -0.39 is 88.8 Å². The van der Waals surface area contributed by atoms with Crippen molar-refractivity contribution in [3.8, 4) is 23.0 Å². The summed E-state index contributed by atoms with van der Waals surface area (Å²) in [6.07, 6.45) is 4.37. The van der Waals surface area contributed by atoms with E-state index in [0.717, 1.165) is 6.21 Å². The van der Waals surface area contributed by atoms with Gasteiger partial charge in [-0.1, -0.05) is 51.1 Å². The molecular formula is C43H58N2O14. The van der Waals surface area contributed by atoms with Crippen LogP contribution in [0.15, 0.2) is 41.3 Å². The highest BCUT2D eigenvalue weighted by atomic mass is 16.7. The summed E-state index contributed by atoms with van der Waals surface area (Å²) < 4.78 is 28.9. The number of fused-ring (bicyclic) bond motifs is 14. The van der Waals surface area contributed by atoms with Crippen LogP contribution in [-0.4, -0.2) is 106 Å². The number of carbonyl (C=O) groups excluding carboxylic acids is 3. The number of hydrogen-bond donors (Lipinski definition) is 6. The van der Waals surface area contributed by atoms with Crippen molar-refractivity contribution in [3.05, 3.63) is 52.8 Å². The van der Waals surface area contributed by atoms with E-state index in [1.54, 1.807) is 39.8 Å². The molecule has 0 saturated heterocycles. The van der Waals surface area contributed by atoms with E-state index in [2.05, 4.69) is 10.5 Å². The number of phenols is 3. The van der Waals surface area contributed by atoms with Crippen LogP contribution in [0.3, 0.4) is 0 Å². The van der Waals surface area contributed by atoms with E-state index >= 15 is 0 Å². The monoisotopic (exact) mass is 826 g/mol. The Balaban J connectivity index is 1.94. The van der Waals surface area contributed by atoms with E-state index in [9.17, 15) is 39.9 Å². The number of allylic oxidation sites excluding steroid dienone is 2. The average molecular weight is 827 g/mol. The highest BCUT2D eigenvalue weighted by Crippen LogP contribution is 2.55. The lowest BCUT2D eigenvalue weighted by molar-refractivity contribution is -0.160. The fraction of sp³-hybridized carbons (Fsp3) is 0.535. The predicted octanol–water partition coefficient (Wildman–Crippen LogP) is 5.53. The van der Waals surface area contributed by atoms with Crippen LogP contribution >= 0.6 is 0 Å². The van der Waals surface area contributed by atoms with Crippen molar-refractivity contribution in [1.29, 1.82) is 0 Å². The number of aliphatic hydroxyl groups excluding tert-OH is 2. The summed E-state index contributed by atoms with van der Waals surface area (Å²) in [5.74, 6) is -8.76.